The van der Waals surface area contributed by atoms with Gasteiger partial charge in [-0.15, -0.1) is 0 Å². The fourth-order valence-corrected chi connectivity index (χ4v) is 2.79. The highest BCUT2D eigenvalue weighted by molar-refractivity contribution is 8.76. The van der Waals surface area contributed by atoms with Crippen LogP contribution in [-0.2, 0) is 9.53 Å². The van der Waals surface area contributed by atoms with Crippen LogP contribution in [0, 0.1) is 0 Å². The van der Waals surface area contributed by atoms with Gasteiger partial charge < -0.3 is 4.74 Å². The number of hydrogen-bond donors (Lipinski definition) is 0. The van der Waals surface area contributed by atoms with Crippen LogP contribution in [-0.4, -0.2) is 18.8 Å². The van der Waals surface area contributed by atoms with E-state index in [1.54, 1.807) is 21.6 Å². The molecule has 4 heteroatoms. The van der Waals surface area contributed by atoms with Crippen molar-refractivity contribution in [1.29, 1.82) is 0 Å². The lowest BCUT2D eigenvalue weighted by Gasteiger charge is -1.99. The first-order chi connectivity index (χ1) is 6.83. The zero-order valence-corrected chi connectivity index (χ0v) is 9.57. The third kappa shape index (κ3) is 4.58. The smallest absolute Gasteiger partial charge is 0.306 e. The molecule has 0 aliphatic carbocycles. The van der Waals surface area contributed by atoms with E-state index in [1.807, 2.05) is 18.2 Å². The van der Waals surface area contributed by atoms with Gasteiger partial charge in [-0.3, -0.25) is 4.79 Å². The van der Waals surface area contributed by atoms with E-state index in [9.17, 15) is 4.79 Å². The number of methoxy groups -OCH3 is 1. The molecule has 1 aromatic rings. The second kappa shape index (κ2) is 6.79. The topological polar surface area (TPSA) is 26.3 Å². The quantitative estimate of drug-likeness (QED) is 0.439. The van der Waals surface area contributed by atoms with Crippen molar-refractivity contribution < 1.29 is 9.53 Å². The molecular weight excluding hydrogens is 216 g/mol. The molecule has 2 nitrogen and oxygen atoms in total. The maximum Gasteiger partial charge on any atom is 0.306 e. The number of carbonyl (C=O) groups is 1. The minimum atomic E-state index is -0.147. The first-order valence-corrected chi connectivity index (χ1v) is 6.56. The summed E-state index contributed by atoms with van der Waals surface area (Å²) in [5.74, 6) is 0.637. The molecule has 0 aromatic heterocycles. The van der Waals surface area contributed by atoms with Gasteiger partial charge in [0, 0.05) is 10.6 Å². The van der Waals surface area contributed by atoms with Gasteiger partial charge in [0.2, 0.25) is 0 Å². The predicted molar refractivity (Wildman–Crippen MR) is 61.4 cm³/mol. The van der Waals surface area contributed by atoms with Crippen molar-refractivity contribution in [3.05, 3.63) is 30.3 Å². The van der Waals surface area contributed by atoms with Crippen molar-refractivity contribution in [2.45, 2.75) is 11.3 Å². The van der Waals surface area contributed by atoms with Gasteiger partial charge in [0.25, 0.3) is 0 Å². The highest BCUT2D eigenvalue weighted by Crippen LogP contribution is 2.30. The van der Waals surface area contributed by atoms with Gasteiger partial charge in [0.1, 0.15) is 0 Å². The van der Waals surface area contributed by atoms with Crippen molar-refractivity contribution >= 4 is 27.6 Å². The Morgan fingerprint density at radius 1 is 1.36 bits per heavy atom. The van der Waals surface area contributed by atoms with E-state index < -0.39 is 0 Å². The highest BCUT2D eigenvalue weighted by Gasteiger charge is 2.00. The van der Waals surface area contributed by atoms with Crippen LogP contribution < -0.4 is 0 Å². The van der Waals surface area contributed by atoms with Gasteiger partial charge >= 0.3 is 5.97 Å². The zero-order valence-electron chi connectivity index (χ0n) is 7.93. The Bertz CT molecular complexity index is 275. The van der Waals surface area contributed by atoms with Crippen LogP contribution in [0.3, 0.4) is 0 Å². The van der Waals surface area contributed by atoms with Crippen molar-refractivity contribution in [2.75, 3.05) is 12.9 Å². The molecule has 1 rings (SSSR count). The standard InChI is InChI=1S/C10H12O2S2/c1-12-10(11)7-8-13-14-9-5-3-2-4-6-9/h2-6H,7-8H2,1H3. The van der Waals surface area contributed by atoms with Crippen LogP contribution in [0.15, 0.2) is 35.2 Å². The van der Waals surface area contributed by atoms with Crippen LogP contribution in [0.1, 0.15) is 6.42 Å². The number of carbonyl (C=O) groups excluding carboxylic acids is 1. The van der Waals surface area contributed by atoms with Crippen LogP contribution >= 0.6 is 21.6 Å². The predicted octanol–water partition coefficient (Wildman–Crippen LogP) is 2.99. The summed E-state index contributed by atoms with van der Waals surface area (Å²) in [5, 5.41) is 0. The summed E-state index contributed by atoms with van der Waals surface area (Å²) >= 11 is 0. The molecule has 0 aliphatic rings. The van der Waals surface area contributed by atoms with E-state index >= 15 is 0 Å². The highest BCUT2D eigenvalue weighted by atomic mass is 33.1. The first-order valence-electron chi connectivity index (χ1n) is 4.24. The molecule has 0 spiro atoms. The summed E-state index contributed by atoms with van der Waals surface area (Å²) < 4.78 is 4.54. The normalized spacial score (nSPS) is 9.79. The second-order valence-corrected chi connectivity index (χ2v) is 5.03. The molecule has 0 heterocycles. The Kier molecular flexibility index (Phi) is 5.56. The Morgan fingerprint density at radius 3 is 2.71 bits per heavy atom. The second-order valence-electron chi connectivity index (χ2n) is 2.54. The molecule has 0 bridgehead atoms. The fourth-order valence-electron chi connectivity index (χ4n) is 0.813. The molecule has 0 saturated heterocycles. The van der Waals surface area contributed by atoms with Crippen LogP contribution in [0.5, 0.6) is 0 Å². The first kappa shape index (κ1) is 11.5. The van der Waals surface area contributed by atoms with Crippen molar-refractivity contribution in [1.82, 2.24) is 0 Å². The number of esters is 1. The van der Waals surface area contributed by atoms with Crippen LogP contribution in [0.4, 0.5) is 0 Å². The van der Waals surface area contributed by atoms with Gasteiger partial charge in [-0.25, -0.2) is 0 Å². The van der Waals surface area contributed by atoms with Gasteiger partial charge in [-0.1, -0.05) is 39.8 Å². The van der Waals surface area contributed by atoms with Crippen molar-refractivity contribution in [2.24, 2.45) is 0 Å². The zero-order chi connectivity index (χ0) is 10.2. The minimum absolute atomic E-state index is 0.147. The number of rotatable bonds is 5. The third-order valence-electron chi connectivity index (χ3n) is 1.52. The van der Waals surface area contributed by atoms with Crippen LogP contribution in [0.25, 0.3) is 0 Å². The molecule has 0 unspecified atom stereocenters. The lowest BCUT2D eigenvalue weighted by atomic mass is 10.4. The molecule has 0 N–H and O–H groups in total. The Labute approximate surface area is 91.8 Å². The minimum Gasteiger partial charge on any atom is -0.469 e. The van der Waals surface area contributed by atoms with E-state index in [1.165, 1.54) is 12.0 Å². The summed E-state index contributed by atoms with van der Waals surface area (Å²) in [6.07, 6.45) is 0.473. The molecule has 1 aromatic carbocycles. The maximum absolute atomic E-state index is 10.8. The van der Waals surface area contributed by atoms with Gasteiger partial charge in [-0.2, -0.15) is 0 Å². The number of hydrogen-bond acceptors (Lipinski definition) is 4. The molecule has 0 amide bonds. The molecule has 0 atom stereocenters. The maximum atomic E-state index is 10.8. The molecule has 14 heavy (non-hydrogen) atoms. The largest absolute Gasteiger partial charge is 0.469 e. The Morgan fingerprint density at radius 2 is 2.07 bits per heavy atom. The van der Waals surface area contributed by atoms with Crippen LogP contribution in [0.2, 0.25) is 0 Å². The lowest BCUT2D eigenvalue weighted by Crippen LogP contribution is -2.00. The van der Waals surface area contributed by atoms with Gasteiger partial charge in [0.05, 0.1) is 13.5 Å². The molecule has 0 radical (unpaired) electrons. The molecule has 0 fully saturated rings. The van der Waals surface area contributed by atoms with E-state index in [4.69, 9.17) is 0 Å². The summed E-state index contributed by atoms with van der Waals surface area (Å²) in [6.45, 7) is 0. The molecule has 0 saturated carbocycles. The number of ether oxygens (including phenoxy) is 1. The molecule has 0 aliphatic heterocycles. The number of benzene rings is 1. The average Bonchev–Trinajstić information content (AvgIpc) is 2.25. The average molecular weight is 228 g/mol. The molecular formula is C10H12O2S2. The lowest BCUT2D eigenvalue weighted by molar-refractivity contribution is -0.140. The Hall–Kier alpha value is -0.610. The van der Waals surface area contributed by atoms with Crippen molar-refractivity contribution in [3.8, 4) is 0 Å². The van der Waals surface area contributed by atoms with E-state index in [0.29, 0.717) is 6.42 Å². The summed E-state index contributed by atoms with van der Waals surface area (Å²) in [5.41, 5.74) is 0. The van der Waals surface area contributed by atoms with E-state index in [0.717, 1.165) is 5.75 Å². The SMILES string of the molecule is COC(=O)CCSSc1ccccc1. The summed E-state index contributed by atoms with van der Waals surface area (Å²) in [7, 11) is 4.76. The van der Waals surface area contributed by atoms with E-state index in [-0.39, 0.29) is 5.97 Å². The fraction of sp³-hybridized carbons (Fsp3) is 0.300. The van der Waals surface area contributed by atoms with Gasteiger partial charge in [0.15, 0.2) is 0 Å². The summed E-state index contributed by atoms with van der Waals surface area (Å²) in [4.78, 5) is 12.0. The summed E-state index contributed by atoms with van der Waals surface area (Å²) in [6, 6.07) is 10.1. The van der Waals surface area contributed by atoms with E-state index in [2.05, 4.69) is 16.9 Å². The van der Waals surface area contributed by atoms with Gasteiger partial charge in [-0.05, 0) is 12.1 Å². The molecule has 76 valence electrons. The monoisotopic (exact) mass is 228 g/mol. The van der Waals surface area contributed by atoms with Crippen molar-refractivity contribution in [3.63, 3.8) is 0 Å². The Balaban J connectivity index is 2.13. The third-order valence-corrected chi connectivity index (χ3v) is 3.90.